The molecule has 4 aliphatic carbocycles. The van der Waals surface area contributed by atoms with Crippen LogP contribution in [-0.2, 0) is 0 Å². The van der Waals surface area contributed by atoms with Crippen LogP contribution < -0.4 is 5.32 Å². The van der Waals surface area contributed by atoms with Gasteiger partial charge in [0, 0.05) is 6.04 Å². The molecule has 2 atom stereocenters. The van der Waals surface area contributed by atoms with Gasteiger partial charge in [0.25, 0.3) is 0 Å². The lowest BCUT2D eigenvalue weighted by atomic mass is 9.53. The Bertz CT molecular complexity index is 327. The maximum Gasteiger partial charge on any atom is 0.112 e. The third kappa shape index (κ3) is 4.04. The van der Waals surface area contributed by atoms with Crippen LogP contribution in [0.5, 0.6) is 0 Å². The molecule has 1 N–H and O–H groups in total. The van der Waals surface area contributed by atoms with Crippen molar-refractivity contribution in [2.24, 2.45) is 17.8 Å². The highest BCUT2D eigenvalue weighted by Gasteiger charge is 2.55. The summed E-state index contributed by atoms with van der Waals surface area (Å²) in [5.74, 6) is 2.00. The summed E-state index contributed by atoms with van der Waals surface area (Å²) in [7, 11) is 0. The lowest BCUT2D eigenvalue weighted by Gasteiger charge is -2.57. The van der Waals surface area contributed by atoms with Crippen LogP contribution >= 0.6 is 0 Å². The molecule has 22 heavy (non-hydrogen) atoms. The van der Waals surface area contributed by atoms with E-state index in [1.807, 2.05) is 0 Å². The van der Waals surface area contributed by atoms with E-state index >= 15 is 0 Å². The third-order valence-corrected chi connectivity index (χ3v) is 6.61. The summed E-state index contributed by atoms with van der Waals surface area (Å²) >= 11 is 0. The summed E-state index contributed by atoms with van der Waals surface area (Å²) in [6.45, 7) is 3.44. The lowest BCUT2D eigenvalue weighted by Crippen LogP contribution is -2.59. The molecule has 4 saturated carbocycles. The molecule has 4 bridgehead atoms. The first-order chi connectivity index (χ1) is 10.7. The topological polar surface area (TPSA) is 12.0 Å². The van der Waals surface area contributed by atoms with Crippen molar-refractivity contribution in [3.05, 3.63) is 0 Å². The zero-order valence-corrected chi connectivity index (χ0v) is 14.6. The maximum atomic E-state index is 14.6. The predicted octanol–water partition coefficient (Wildman–Crippen LogP) is 5.63. The van der Waals surface area contributed by atoms with E-state index in [9.17, 15) is 4.39 Å². The number of unbranched alkanes of at least 4 members (excludes halogenated alkanes) is 7. The Hall–Kier alpha value is -0.110. The molecule has 4 rings (SSSR count). The Morgan fingerprint density at radius 2 is 1.45 bits per heavy atom. The van der Waals surface area contributed by atoms with Crippen LogP contribution in [0.2, 0.25) is 0 Å². The average Bonchev–Trinajstić information content (AvgIpc) is 2.46. The van der Waals surface area contributed by atoms with E-state index in [0.717, 1.165) is 25.8 Å². The molecule has 0 amide bonds. The first kappa shape index (κ1) is 16.7. The molecule has 0 spiro atoms. The average molecular weight is 310 g/mol. The van der Waals surface area contributed by atoms with Gasteiger partial charge in [-0.15, -0.1) is 0 Å². The van der Waals surface area contributed by atoms with Gasteiger partial charge in [-0.3, -0.25) is 0 Å². The van der Waals surface area contributed by atoms with Gasteiger partial charge in [0.15, 0.2) is 0 Å². The number of rotatable bonds is 10. The lowest BCUT2D eigenvalue weighted by molar-refractivity contribution is -0.0926. The minimum Gasteiger partial charge on any atom is -0.313 e. The van der Waals surface area contributed by atoms with Gasteiger partial charge in [0.1, 0.15) is 5.67 Å². The Kier molecular flexibility index (Phi) is 5.81. The number of hydrogen-bond acceptors (Lipinski definition) is 1. The van der Waals surface area contributed by atoms with Crippen LogP contribution in [0.15, 0.2) is 0 Å². The maximum absolute atomic E-state index is 14.6. The van der Waals surface area contributed by atoms with Crippen molar-refractivity contribution in [3.8, 4) is 0 Å². The smallest absolute Gasteiger partial charge is 0.112 e. The van der Waals surface area contributed by atoms with Gasteiger partial charge in [0.05, 0.1) is 0 Å². The Morgan fingerprint density at radius 1 is 0.864 bits per heavy atom. The van der Waals surface area contributed by atoms with Crippen molar-refractivity contribution in [3.63, 3.8) is 0 Å². The van der Waals surface area contributed by atoms with E-state index in [0.29, 0.717) is 23.8 Å². The van der Waals surface area contributed by atoms with Crippen LogP contribution in [0.1, 0.15) is 90.4 Å². The second-order valence-electron chi connectivity index (χ2n) is 8.58. The highest BCUT2D eigenvalue weighted by Crippen LogP contribution is 2.57. The number of halogens is 1. The van der Waals surface area contributed by atoms with Crippen LogP contribution in [0.25, 0.3) is 0 Å². The SMILES string of the molecule is CCCCCCCCCCNC1C2CC3CC1CC(F)(C3)C2. The largest absolute Gasteiger partial charge is 0.313 e. The number of hydrogen-bond donors (Lipinski definition) is 1. The molecule has 1 nitrogen and oxygen atoms in total. The van der Waals surface area contributed by atoms with Crippen LogP contribution in [0.4, 0.5) is 4.39 Å². The van der Waals surface area contributed by atoms with Crippen molar-refractivity contribution in [1.82, 2.24) is 5.32 Å². The van der Waals surface area contributed by atoms with E-state index in [4.69, 9.17) is 0 Å². The summed E-state index contributed by atoms with van der Waals surface area (Å²) in [6, 6.07) is 0.643. The summed E-state index contributed by atoms with van der Waals surface area (Å²) in [5.41, 5.74) is -0.771. The van der Waals surface area contributed by atoms with Crippen LogP contribution in [-0.4, -0.2) is 18.3 Å². The van der Waals surface area contributed by atoms with Crippen molar-refractivity contribution >= 4 is 0 Å². The molecule has 0 aliphatic heterocycles. The Balaban J connectivity index is 1.27. The fourth-order valence-corrected chi connectivity index (χ4v) is 5.79. The zero-order chi connectivity index (χ0) is 15.4. The van der Waals surface area contributed by atoms with E-state index in [2.05, 4.69) is 12.2 Å². The number of nitrogens with one attached hydrogen (secondary N) is 1. The monoisotopic (exact) mass is 309 g/mol. The molecular weight excluding hydrogens is 273 g/mol. The molecule has 4 fully saturated rings. The van der Waals surface area contributed by atoms with Crippen LogP contribution in [0, 0.1) is 17.8 Å². The van der Waals surface area contributed by atoms with Crippen molar-refractivity contribution in [2.45, 2.75) is 102 Å². The number of alkyl halides is 1. The van der Waals surface area contributed by atoms with E-state index in [-0.39, 0.29) is 0 Å². The van der Waals surface area contributed by atoms with Gasteiger partial charge in [-0.2, -0.15) is 0 Å². The second kappa shape index (κ2) is 7.64. The summed E-state index contributed by atoms with van der Waals surface area (Å²) in [5, 5.41) is 3.83. The van der Waals surface area contributed by atoms with E-state index < -0.39 is 5.67 Å². The predicted molar refractivity (Wildman–Crippen MR) is 91.8 cm³/mol. The molecule has 0 aromatic rings. The highest BCUT2D eigenvalue weighted by atomic mass is 19.1. The van der Waals surface area contributed by atoms with Gasteiger partial charge in [0.2, 0.25) is 0 Å². The molecule has 0 heterocycles. The van der Waals surface area contributed by atoms with E-state index in [1.165, 1.54) is 64.2 Å². The minimum absolute atomic E-state index is 0.643. The second-order valence-corrected chi connectivity index (χ2v) is 8.58. The highest BCUT2D eigenvalue weighted by molar-refractivity contribution is 5.08. The molecule has 0 aromatic heterocycles. The van der Waals surface area contributed by atoms with Crippen LogP contribution in [0.3, 0.4) is 0 Å². The first-order valence-electron chi connectivity index (χ1n) is 10.1. The van der Waals surface area contributed by atoms with Crippen molar-refractivity contribution in [2.75, 3.05) is 6.54 Å². The van der Waals surface area contributed by atoms with Gasteiger partial charge in [-0.05, 0) is 62.8 Å². The molecule has 0 radical (unpaired) electrons. The summed E-state index contributed by atoms with van der Waals surface area (Å²) < 4.78 is 14.6. The fraction of sp³-hybridized carbons (Fsp3) is 1.00. The van der Waals surface area contributed by atoms with Gasteiger partial charge < -0.3 is 5.32 Å². The standard InChI is InChI=1S/C20H36FN/c1-2-3-4-5-6-7-8-9-10-22-19-17-11-16-12-18(19)15-20(21,13-16)14-17/h16-19,22H,2-15H2,1H3. The van der Waals surface area contributed by atoms with E-state index in [1.54, 1.807) is 0 Å². The zero-order valence-electron chi connectivity index (χ0n) is 14.6. The molecule has 0 aromatic carbocycles. The quantitative estimate of drug-likeness (QED) is 0.515. The Labute approximate surface area is 136 Å². The van der Waals surface area contributed by atoms with Gasteiger partial charge in [-0.1, -0.05) is 51.9 Å². The summed E-state index contributed by atoms with van der Waals surface area (Å²) in [6.07, 6.45) is 16.3. The van der Waals surface area contributed by atoms with Crippen molar-refractivity contribution < 1.29 is 4.39 Å². The summed E-state index contributed by atoms with van der Waals surface area (Å²) in [4.78, 5) is 0. The molecule has 128 valence electrons. The molecule has 0 saturated heterocycles. The third-order valence-electron chi connectivity index (χ3n) is 6.61. The minimum atomic E-state index is -0.771. The molecule has 4 aliphatic rings. The van der Waals surface area contributed by atoms with Gasteiger partial charge in [-0.25, -0.2) is 4.39 Å². The first-order valence-corrected chi connectivity index (χ1v) is 10.1. The van der Waals surface area contributed by atoms with Crippen molar-refractivity contribution in [1.29, 1.82) is 0 Å². The Morgan fingerprint density at radius 3 is 2.05 bits per heavy atom. The molecule has 2 heteroatoms. The normalized spacial score (nSPS) is 39.5. The molecule has 2 unspecified atom stereocenters. The molecular formula is C20H36FN. The van der Waals surface area contributed by atoms with Gasteiger partial charge >= 0.3 is 0 Å². The fourth-order valence-electron chi connectivity index (χ4n) is 5.79.